The van der Waals surface area contributed by atoms with Crippen LogP contribution in [0, 0.1) is 6.92 Å². The highest BCUT2D eigenvalue weighted by Crippen LogP contribution is 2.26. The highest BCUT2D eigenvalue weighted by atomic mass is 79.9. The molecule has 0 aliphatic heterocycles. The van der Waals surface area contributed by atoms with Gasteiger partial charge in [-0.15, -0.1) is 11.3 Å². The summed E-state index contributed by atoms with van der Waals surface area (Å²) in [6, 6.07) is 2.24. The Kier molecular flexibility index (Phi) is 5.39. The van der Waals surface area contributed by atoms with Gasteiger partial charge in [0.2, 0.25) is 0 Å². The van der Waals surface area contributed by atoms with E-state index in [0.717, 1.165) is 13.1 Å². The second-order valence-corrected chi connectivity index (χ2v) is 6.28. The standard InChI is InChI=1S/C9H14BrNS2/c1-7-5-8(13-9(7)10)6-11-3-4-12-2/h5,11H,3-4,6H2,1-2H3. The van der Waals surface area contributed by atoms with Crippen LogP contribution in [0.3, 0.4) is 0 Å². The van der Waals surface area contributed by atoms with Crippen molar-refractivity contribution in [2.24, 2.45) is 0 Å². The zero-order chi connectivity index (χ0) is 9.68. The third-order valence-corrected chi connectivity index (χ3v) is 4.44. The highest BCUT2D eigenvalue weighted by Gasteiger charge is 2.01. The molecule has 1 aromatic rings. The quantitative estimate of drug-likeness (QED) is 0.831. The monoisotopic (exact) mass is 279 g/mol. The van der Waals surface area contributed by atoms with E-state index in [9.17, 15) is 0 Å². The molecule has 1 heterocycles. The van der Waals surface area contributed by atoms with E-state index in [4.69, 9.17) is 0 Å². The molecule has 0 saturated heterocycles. The first-order valence-corrected chi connectivity index (χ1v) is 7.19. The molecule has 0 amide bonds. The largest absolute Gasteiger partial charge is 0.311 e. The Bertz CT molecular complexity index is 241. The minimum atomic E-state index is 0.998. The van der Waals surface area contributed by atoms with Gasteiger partial charge in [0.25, 0.3) is 0 Å². The van der Waals surface area contributed by atoms with Crippen LogP contribution in [0.5, 0.6) is 0 Å². The summed E-state index contributed by atoms with van der Waals surface area (Å²) in [5.41, 5.74) is 1.34. The molecule has 0 fully saturated rings. The molecule has 0 aromatic carbocycles. The molecule has 0 radical (unpaired) electrons. The number of hydrogen-bond acceptors (Lipinski definition) is 3. The van der Waals surface area contributed by atoms with E-state index in [1.807, 2.05) is 23.1 Å². The van der Waals surface area contributed by atoms with Gasteiger partial charge in [-0.3, -0.25) is 0 Å². The first kappa shape index (κ1) is 11.6. The van der Waals surface area contributed by atoms with Crippen molar-refractivity contribution in [3.05, 3.63) is 20.3 Å². The summed E-state index contributed by atoms with van der Waals surface area (Å²) in [5.74, 6) is 1.19. The van der Waals surface area contributed by atoms with E-state index < -0.39 is 0 Å². The van der Waals surface area contributed by atoms with E-state index in [0.29, 0.717) is 0 Å². The van der Waals surface area contributed by atoms with Gasteiger partial charge in [0, 0.05) is 23.7 Å². The Balaban J connectivity index is 2.29. The number of hydrogen-bond donors (Lipinski definition) is 1. The van der Waals surface area contributed by atoms with Crippen LogP contribution in [0.4, 0.5) is 0 Å². The Labute approximate surface area is 96.4 Å². The SMILES string of the molecule is CSCCNCc1cc(C)c(Br)s1. The average molecular weight is 280 g/mol. The molecule has 1 N–H and O–H groups in total. The van der Waals surface area contributed by atoms with Gasteiger partial charge in [-0.05, 0) is 40.7 Å². The zero-order valence-electron chi connectivity index (χ0n) is 7.89. The number of thiophene rings is 1. The van der Waals surface area contributed by atoms with Gasteiger partial charge in [0.15, 0.2) is 0 Å². The Morgan fingerprint density at radius 1 is 1.62 bits per heavy atom. The Hall–Kier alpha value is 0.490. The summed E-state index contributed by atoms with van der Waals surface area (Å²) in [7, 11) is 0. The second-order valence-electron chi connectivity index (χ2n) is 2.84. The summed E-state index contributed by atoms with van der Waals surface area (Å²) >= 11 is 7.22. The second kappa shape index (κ2) is 6.06. The number of aryl methyl sites for hydroxylation is 1. The van der Waals surface area contributed by atoms with E-state index in [1.54, 1.807) is 0 Å². The topological polar surface area (TPSA) is 12.0 Å². The fourth-order valence-corrected chi connectivity index (χ4v) is 2.94. The lowest BCUT2D eigenvalue weighted by atomic mass is 10.3. The molecule has 0 saturated carbocycles. The molecular weight excluding hydrogens is 266 g/mol. The fraction of sp³-hybridized carbons (Fsp3) is 0.556. The summed E-state index contributed by atoms with van der Waals surface area (Å²) in [6.45, 7) is 4.22. The predicted octanol–water partition coefficient (Wildman–Crippen LogP) is 3.27. The predicted molar refractivity (Wildman–Crippen MR) is 66.8 cm³/mol. The smallest absolute Gasteiger partial charge is 0.0730 e. The van der Waals surface area contributed by atoms with Crippen molar-refractivity contribution in [1.82, 2.24) is 5.32 Å². The fourth-order valence-electron chi connectivity index (χ4n) is 0.996. The lowest BCUT2D eigenvalue weighted by Gasteiger charge is -1.99. The van der Waals surface area contributed by atoms with Crippen molar-refractivity contribution >= 4 is 39.0 Å². The van der Waals surface area contributed by atoms with Crippen molar-refractivity contribution in [3.8, 4) is 0 Å². The van der Waals surface area contributed by atoms with Crippen LogP contribution in [0.25, 0.3) is 0 Å². The molecule has 13 heavy (non-hydrogen) atoms. The summed E-state index contributed by atoms with van der Waals surface area (Å²) < 4.78 is 1.26. The van der Waals surface area contributed by atoms with E-state index >= 15 is 0 Å². The first-order valence-electron chi connectivity index (χ1n) is 4.18. The lowest BCUT2D eigenvalue weighted by Crippen LogP contribution is -2.15. The number of halogens is 1. The van der Waals surface area contributed by atoms with Crippen LogP contribution in [-0.4, -0.2) is 18.6 Å². The summed E-state index contributed by atoms with van der Waals surface area (Å²) in [6.07, 6.45) is 2.13. The van der Waals surface area contributed by atoms with E-state index in [-0.39, 0.29) is 0 Å². The molecule has 4 heteroatoms. The maximum atomic E-state index is 3.53. The van der Waals surface area contributed by atoms with Crippen LogP contribution >= 0.6 is 39.0 Å². The molecule has 1 rings (SSSR count). The minimum Gasteiger partial charge on any atom is -0.311 e. The number of thioether (sulfide) groups is 1. The van der Waals surface area contributed by atoms with Crippen molar-refractivity contribution in [2.45, 2.75) is 13.5 Å². The van der Waals surface area contributed by atoms with Crippen molar-refractivity contribution < 1.29 is 0 Å². The average Bonchev–Trinajstić information content (AvgIpc) is 2.41. The van der Waals surface area contributed by atoms with Crippen LogP contribution in [0.15, 0.2) is 9.85 Å². The van der Waals surface area contributed by atoms with Gasteiger partial charge in [-0.2, -0.15) is 11.8 Å². The van der Waals surface area contributed by atoms with Crippen molar-refractivity contribution in [3.63, 3.8) is 0 Å². The highest BCUT2D eigenvalue weighted by molar-refractivity contribution is 9.11. The Morgan fingerprint density at radius 2 is 2.38 bits per heavy atom. The molecule has 1 nitrogen and oxygen atoms in total. The van der Waals surface area contributed by atoms with Crippen LogP contribution in [-0.2, 0) is 6.54 Å². The molecule has 0 atom stereocenters. The van der Waals surface area contributed by atoms with Gasteiger partial charge in [-0.1, -0.05) is 0 Å². The van der Waals surface area contributed by atoms with Gasteiger partial charge in [0.05, 0.1) is 3.79 Å². The number of rotatable bonds is 5. The minimum absolute atomic E-state index is 0.998. The first-order chi connectivity index (χ1) is 6.24. The third-order valence-electron chi connectivity index (χ3n) is 1.69. The lowest BCUT2D eigenvalue weighted by molar-refractivity contribution is 0.741. The van der Waals surface area contributed by atoms with Gasteiger partial charge < -0.3 is 5.32 Å². The van der Waals surface area contributed by atoms with E-state index in [2.05, 4.69) is 40.5 Å². The summed E-state index contributed by atoms with van der Waals surface area (Å²) in [4.78, 5) is 1.41. The van der Waals surface area contributed by atoms with Gasteiger partial charge >= 0.3 is 0 Å². The molecule has 0 spiro atoms. The Morgan fingerprint density at radius 3 is 2.92 bits per heavy atom. The van der Waals surface area contributed by atoms with E-state index in [1.165, 1.54) is 20.0 Å². The third kappa shape index (κ3) is 4.02. The molecule has 0 aliphatic carbocycles. The summed E-state index contributed by atoms with van der Waals surface area (Å²) in [5, 5.41) is 3.41. The number of nitrogens with one attached hydrogen (secondary N) is 1. The van der Waals surface area contributed by atoms with Crippen molar-refractivity contribution in [2.75, 3.05) is 18.6 Å². The molecule has 74 valence electrons. The van der Waals surface area contributed by atoms with Crippen LogP contribution < -0.4 is 5.32 Å². The normalized spacial score (nSPS) is 10.7. The molecule has 0 unspecified atom stereocenters. The molecule has 1 aromatic heterocycles. The maximum Gasteiger partial charge on any atom is 0.0730 e. The van der Waals surface area contributed by atoms with Gasteiger partial charge in [-0.25, -0.2) is 0 Å². The zero-order valence-corrected chi connectivity index (χ0v) is 11.1. The van der Waals surface area contributed by atoms with Gasteiger partial charge in [0.1, 0.15) is 0 Å². The molecule has 0 aliphatic rings. The molecular formula is C9H14BrNS2. The van der Waals surface area contributed by atoms with Crippen LogP contribution in [0.1, 0.15) is 10.4 Å². The maximum absolute atomic E-state index is 3.53. The van der Waals surface area contributed by atoms with Crippen LogP contribution in [0.2, 0.25) is 0 Å². The van der Waals surface area contributed by atoms with Crippen molar-refractivity contribution in [1.29, 1.82) is 0 Å². The molecule has 0 bridgehead atoms.